The van der Waals surface area contributed by atoms with Gasteiger partial charge in [-0.25, -0.2) is 0 Å². The van der Waals surface area contributed by atoms with Crippen molar-refractivity contribution in [3.8, 4) is 5.75 Å². The van der Waals surface area contributed by atoms with E-state index in [1.807, 2.05) is 0 Å². The summed E-state index contributed by atoms with van der Waals surface area (Å²) in [5.74, 6) is -0.529. The van der Waals surface area contributed by atoms with Crippen molar-refractivity contribution in [2.24, 2.45) is 0 Å². The number of hydrogen-bond acceptors (Lipinski definition) is 5. The number of nitro groups is 1. The van der Waals surface area contributed by atoms with Gasteiger partial charge in [-0.15, -0.1) is 0 Å². The van der Waals surface area contributed by atoms with Gasteiger partial charge in [0.25, 0.3) is 11.6 Å². The molecule has 1 amide bonds. The number of fused-ring (bicyclic) bond motifs is 1. The Bertz CT molecular complexity index is 1040. The highest BCUT2D eigenvalue weighted by Crippen LogP contribution is 2.24. The predicted octanol–water partition coefficient (Wildman–Crippen LogP) is 3.74. The van der Waals surface area contributed by atoms with Gasteiger partial charge >= 0.3 is 0 Å². The lowest BCUT2D eigenvalue weighted by molar-refractivity contribution is -0.384. The number of aryl methyl sites for hydroxylation is 1. The fourth-order valence-corrected chi connectivity index (χ4v) is 2.75. The summed E-state index contributed by atoms with van der Waals surface area (Å²) in [6.07, 6.45) is 0. The van der Waals surface area contributed by atoms with Crippen molar-refractivity contribution in [2.45, 2.75) is 13.5 Å². The fraction of sp³-hybridized carbons (Fsp3) is 0.111. The molecule has 2 aromatic carbocycles. The average Bonchev–Trinajstić information content (AvgIpc) is 2.60. The van der Waals surface area contributed by atoms with Crippen LogP contribution in [0.4, 0.5) is 5.69 Å². The number of benzene rings is 2. The molecule has 0 saturated carbocycles. The Morgan fingerprint density at radius 3 is 2.77 bits per heavy atom. The molecule has 0 bridgehead atoms. The summed E-state index contributed by atoms with van der Waals surface area (Å²) in [6.45, 7) is 1.66. The number of carbonyl (C=O) groups excluding carboxylic acids is 1. The zero-order valence-electron chi connectivity index (χ0n) is 13.7. The zero-order valence-corrected chi connectivity index (χ0v) is 14.4. The first-order chi connectivity index (χ1) is 12.3. The second-order valence-electron chi connectivity index (χ2n) is 5.71. The molecule has 0 aliphatic rings. The Balaban J connectivity index is 1.84. The van der Waals surface area contributed by atoms with Crippen LogP contribution in [0, 0.1) is 17.0 Å². The van der Waals surface area contributed by atoms with Gasteiger partial charge < -0.3 is 10.4 Å². The SMILES string of the molecule is Cc1nc2ccc(Cl)cc2cc1C(=O)NCc1cc([N+](=O)[O-])ccc1O. The zero-order chi connectivity index (χ0) is 18.8. The van der Waals surface area contributed by atoms with E-state index >= 15 is 0 Å². The molecule has 2 N–H and O–H groups in total. The number of non-ortho nitro benzene ring substituents is 1. The van der Waals surface area contributed by atoms with Gasteiger partial charge in [0.15, 0.2) is 0 Å². The Hall–Kier alpha value is -3.19. The smallest absolute Gasteiger partial charge is 0.270 e. The summed E-state index contributed by atoms with van der Waals surface area (Å²) in [6, 6.07) is 10.5. The van der Waals surface area contributed by atoms with E-state index in [1.165, 1.54) is 18.2 Å². The van der Waals surface area contributed by atoms with Gasteiger partial charge in [0, 0.05) is 34.6 Å². The summed E-state index contributed by atoms with van der Waals surface area (Å²) in [5.41, 5.74) is 1.72. The second-order valence-corrected chi connectivity index (χ2v) is 6.15. The minimum Gasteiger partial charge on any atom is -0.508 e. The van der Waals surface area contributed by atoms with Crippen LogP contribution in [0.25, 0.3) is 10.9 Å². The van der Waals surface area contributed by atoms with Crippen molar-refractivity contribution in [2.75, 3.05) is 0 Å². The number of amides is 1. The quantitative estimate of drug-likeness (QED) is 0.536. The standard InChI is InChI=1S/C18H14ClN3O4/c1-10-15(8-11-6-13(19)2-4-16(11)21-10)18(24)20-9-12-7-14(22(25)26)3-5-17(12)23/h2-8,23H,9H2,1H3,(H,20,24). The first-order valence-electron chi connectivity index (χ1n) is 7.66. The molecule has 7 nitrogen and oxygen atoms in total. The highest BCUT2D eigenvalue weighted by atomic mass is 35.5. The van der Waals surface area contributed by atoms with Gasteiger partial charge in [-0.1, -0.05) is 11.6 Å². The van der Waals surface area contributed by atoms with E-state index in [9.17, 15) is 20.0 Å². The number of rotatable bonds is 4. The van der Waals surface area contributed by atoms with Crippen molar-refractivity contribution in [3.63, 3.8) is 0 Å². The maximum Gasteiger partial charge on any atom is 0.270 e. The minimum atomic E-state index is -0.564. The van der Waals surface area contributed by atoms with E-state index in [0.29, 0.717) is 16.3 Å². The van der Waals surface area contributed by atoms with Crippen LogP contribution in [0.1, 0.15) is 21.6 Å². The van der Waals surface area contributed by atoms with E-state index in [0.717, 1.165) is 10.9 Å². The predicted molar refractivity (Wildman–Crippen MR) is 97.4 cm³/mol. The number of aromatic hydroxyl groups is 1. The maximum absolute atomic E-state index is 12.5. The third-order valence-corrected chi connectivity index (χ3v) is 4.16. The van der Waals surface area contributed by atoms with Gasteiger partial charge in [-0.05, 0) is 37.3 Å². The van der Waals surface area contributed by atoms with Crippen molar-refractivity contribution < 1.29 is 14.8 Å². The van der Waals surface area contributed by atoms with Crippen LogP contribution in [0.5, 0.6) is 5.75 Å². The van der Waals surface area contributed by atoms with Gasteiger partial charge in [0.1, 0.15) is 5.75 Å². The number of phenolic OH excluding ortho intramolecular Hbond substituents is 1. The largest absolute Gasteiger partial charge is 0.508 e. The molecule has 26 heavy (non-hydrogen) atoms. The maximum atomic E-state index is 12.5. The highest BCUT2D eigenvalue weighted by molar-refractivity contribution is 6.31. The highest BCUT2D eigenvalue weighted by Gasteiger charge is 2.14. The van der Waals surface area contributed by atoms with Gasteiger partial charge in [-0.3, -0.25) is 19.9 Å². The van der Waals surface area contributed by atoms with Crippen molar-refractivity contribution in [1.29, 1.82) is 0 Å². The molecule has 0 aliphatic carbocycles. The average molecular weight is 372 g/mol. The summed E-state index contributed by atoms with van der Waals surface area (Å²) in [7, 11) is 0. The summed E-state index contributed by atoms with van der Waals surface area (Å²) >= 11 is 5.98. The van der Waals surface area contributed by atoms with Crippen LogP contribution < -0.4 is 5.32 Å². The molecule has 3 rings (SSSR count). The lowest BCUT2D eigenvalue weighted by Gasteiger charge is -2.10. The van der Waals surface area contributed by atoms with E-state index in [2.05, 4.69) is 10.3 Å². The molecule has 132 valence electrons. The van der Waals surface area contributed by atoms with E-state index in [-0.39, 0.29) is 23.5 Å². The van der Waals surface area contributed by atoms with E-state index in [4.69, 9.17) is 11.6 Å². The molecule has 1 heterocycles. The van der Waals surface area contributed by atoms with Crippen molar-refractivity contribution >= 4 is 34.1 Å². The van der Waals surface area contributed by atoms with Crippen LogP contribution >= 0.6 is 11.6 Å². The van der Waals surface area contributed by atoms with Crippen LogP contribution in [0.3, 0.4) is 0 Å². The molecule has 1 aromatic heterocycles. The number of aromatic nitrogens is 1. The Kier molecular flexibility index (Phi) is 4.73. The van der Waals surface area contributed by atoms with Gasteiger partial charge in [-0.2, -0.15) is 0 Å². The lowest BCUT2D eigenvalue weighted by Crippen LogP contribution is -2.24. The molecule has 0 saturated heterocycles. The Morgan fingerprint density at radius 2 is 2.04 bits per heavy atom. The Morgan fingerprint density at radius 1 is 1.27 bits per heavy atom. The number of nitro benzene ring substituents is 1. The summed E-state index contributed by atoms with van der Waals surface area (Å²) in [5, 5.41) is 24.6. The number of pyridine rings is 1. The first-order valence-corrected chi connectivity index (χ1v) is 8.04. The monoisotopic (exact) mass is 371 g/mol. The van der Waals surface area contributed by atoms with Gasteiger partial charge in [0.2, 0.25) is 0 Å². The fourth-order valence-electron chi connectivity index (χ4n) is 2.57. The molecular formula is C18H14ClN3O4. The number of nitrogens with zero attached hydrogens (tertiary/aromatic N) is 2. The van der Waals surface area contributed by atoms with Crippen LogP contribution in [-0.4, -0.2) is 20.9 Å². The molecular weight excluding hydrogens is 358 g/mol. The summed E-state index contributed by atoms with van der Waals surface area (Å²) < 4.78 is 0. The lowest BCUT2D eigenvalue weighted by atomic mass is 10.1. The van der Waals surface area contributed by atoms with E-state index in [1.54, 1.807) is 31.2 Å². The number of carbonyl (C=O) groups is 1. The second kappa shape index (κ2) is 6.97. The topological polar surface area (TPSA) is 105 Å². The molecule has 8 heteroatoms. The minimum absolute atomic E-state index is 0.0562. The summed E-state index contributed by atoms with van der Waals surface area (Å²) in [4.78, 5) is 27.2. The number of phenols is 1. The molecule has 0 radical (unpaired) electrons. The van der Waals surface area contributed by atoms with Gasteiger partial charge in [0.05, 0.1) is 21.7 Å². The number of hydrogen-bond donors (Lipinski definition) is 2. The molecule has 0 fully saturated rings. The first kappa shape index (κ1) is 17.6. The van der Waals surface area contributed by atoms with Crippen molar-refractivity contribution in [1.82, 2.24) is 10.3 Å². The van der Waals surface area contributed by atoms with Crippen LogP contribution in [0.2, 0.25) is 5.02 Å². The molecule has 0 unspecified atom stereocenters. The Labute approximate surface area is 153 Å². The molecule has 0 atom stereocenters. The van der Waals surface area contributed by atoms with Crippen LogP contribution in [-0.2, 0) is 6.54 Å². The number of halogens is 1. The molecule has 3 aromatic rings. The van der Waals surface area contributed by atoms with E-state index < -0.39 is 10.8 Å². The number of nitrogens with one attached hydrogen (secondary N) is 1. The van der Waals surface area contributed by atoms with Crippen molar-refractivity contribution in [3.05, 3.63) is 74.4 Å². The molecule has 0 aliphatic heterocycles. The normalized spacial score (nSPS) is 10.7. The van der Waals surface area contributed by atoms with Crippen LogP contribution in [0.15, 0.2) is 42.5 Å². The molecule has 0 spiro atoms. The third-order valence-electron chi connectivity index (χ3n) is 3.93. The third kappa shape index (κ3) is 3.57.